The number of benzene rings is 3. The van der Waals surface area contributed by atoms with Crippen molar-refractivity contribution in [3.8, 4) is 0 Å². The maximum absolute atomic E-state index is 13.1. The lowest BCUT2D eigenvalue weighted by atomic mass is 10.0. The molecule has 0 radical (unpaired) electrons. The van der Waals surface area contributed by atoms with Crippen LogP contribution < -0.4 is 4.31 Å². The lowest BCUT2D eigenvalue weighted by molar-refractivity contribution is 0.0736. The lowest BCUT2D eigenvalue weighted by Gasteiger charge is -2.25. The van der Waals surface area contributed by atoms with Crippen LogP contribution in [0.4, 0.5) is 5.69 Å². The number of amides is 1. The molecule has 31 heavy (non-hydrogen) atoms. The zero-order valence-corrected chi connectivity index (χ0v) is 18.3. The van der Waals surface area contributed by atoms with Crippen LogP contribution >= 0.6 is 0 Å². The van der Waals surface area contributed by atoms with Gasteiger partial charge in [0.1, 0.15) is 0 Å². The molecule has 1 heterocycles. The number of carbonyl (C=O) groups excluding carboxylic acids is 1. The van der Waals surface area contributed by atoms with Crippen LogP contribution in [-0.2, 0) is 16.4 Å². The number of hydrogen-bond acceptors (Lipinski definition) is 3. The molecule has 1 atom stereocenters. The van der Waals surface area contributed by atoms with Crippen molar-refractivity contribution in [3.05, 3.63) is 96.1 Å². The molecule has 0 aliphatic carbocycles. The summed E-state index contributed by atoms with van der Waals surface area (Å²) in [6.45, 7) is 0.729. The Kier molecular flexibility index (Phi) is 6.09. The van der Waals surface area contributed by atoms with Crippen LogP contribution in [0.5, 0.6) is 0 Å². The summed E-state index contributed by atoms with van der Waals surface area (Å²) in [6, 6.07) is 25.6. The zero-order valence-electron chi connectivity index (χ0n) is 17.5. The topological polar surface area (TPSA) is 57.7 Å². The molecule has 3 aromatic rings. The average Bonchev–Trinajstić information content (AvgIpc) is 3.27. The number of sulfonamides is 1. The molecule has 3 aromatic carbocycles. The normalized spacial score (nSPS) is 16.3. The Morgan fingerprint density at radius 2 is 1.55 bits per heavy atom. The van der Waals surface area contributed by atoms with Crippen LogP contribution in [0.25, 0.3) is 0 Å². The van der Waals surface area contributed by atoms with Crippen molar-refractivity contribution in [1.29, 1.82) is 0 Å². The van der Waals surface area contributed by atoms with E-state index < -0.39 is 10.0 Å². The van der Waals surface area contributed by atoms with E-state index in [-0.39, 0.29) is 16.8 Å². The molecule has 4 rings (SSSR count). The summed E-state index contributed by atoms with van der Waals surface area (Å²) >= 11 is 0. The third-order valence-electron chi connectivity index (χ3n) is 5.83. The molecule has 1 aliphatic heterocycles. The van der Waals surface area contributed by atoms with E-state index in [0.29, 0.717) is 11.3 Å². The maximum Gasteiger partial charge on any atom is 0.264 e. The van der Waals surface area contributed by atoms with Gasteiger partial charge in [-0.1, -0.05) is 48.5 Å². The van der Waals surface area contributed by atoms with Gasteiger partial charge in [-0.2, -0.15) is 0 Å². The van der Waals surface area contributed by atoms with Crippen molar-refractivity contribution < 1.29 is 13.2 Å². The van der Waals surface area contributed by atoms with Gasteiger partial charge in [0, 0.05) is 25.2 Å². The molecule has 5 nitrogen and oxygen atoms in total. The van der Waals surface area contributed by atoms with Gasteiger partial charge in [0.15, 0.2) is 0 Å². The number of likely N-dealkylation sites (tertiary alicyclic amines) is 1. The van der Waals surface area contributed by atoms with Crippen LogP contribution in [0.2, 0.25) is 0 Å². The number of anilines is 1. The van der Waals surface area contributed by atoms with Gasteiger partial charge in [0.05, 0.1) is 10.6 Å². The smallest absolute Gasteiger partial charge is 0.264 e. The van der Waals surface area contributed by atoms with Gasteiger partial charge >= 0.3 is 0 Å². The lowest BCUT2D eigenvalue weighted by Crippen LogP contribution is -2.36. The highest BCUT2D eigenvalue weighted by Crippen LogP contribution is 2.25. The van der Waals surface area contributed by atoms with Crippen LogP contribution in [0.3, 0.4) is 0 Å². The maximum atomic E-state index is 13.1. The average molecular weight is 435 g/mol. The van der Waals surface area contributed by atoms with Gasteiger partial charge in [0.25, 0.3) is 15.9 Å². The van der Waals surface area contributed by atoms with E-state index in [4.69, 9.17) is 0 Å². The molecule has 1 saturated heterocycles. The summed E-state index contributed by atoms with van der Waals surface area (Å²) in [5.41, 5.74) is 2.32. The predicted octanol–water partition coefficient (Wildman–Crippen LogP) is 4.36. The minimum Gasteiger partial charge on any atom is -0.335 e. The van der Waals surface area contributed by atoms with Crippen molar-refractivity contribution in [3.63, 3.8) is 0 Å². The highest BCUT2D eigenvalue weighted by atomic mass is 32.2. The predicted molar refractivity (Wildman–Crippen MR) is 123 cm³/mol. The monoisotopic (exact) mass is 434 g/mol. The Morgan fingerprint density at radius 3 is 2.19 bits per heavy atom. The van der Waals surface area contributed by atoms with E-state index in [2.05, 4.69) is 12.1 Å². The fourth-order valence-corrected chi connectivity index (χ4v) is 5.27. The molecule has 1 unspecified atom stereocenters. The Labute approximate surface area is 184 Å². The Balaban J connectivity index is 1.50. The van der Waals surface area contributed by atoms with Crippen molar-refractivity contribution in [1.82, 2.24) is 4.90 Å². The van der Waals surface area contributed by atoms with E-state index in [1.165, 1.54) is 29.0 Å². The highest BCUT2D eigenvalue weighted by molar-refractivity contribution is 7.92. The molecule has 0 spiro atoms. The van der Waals surface area contributed by atoms with Crippen molar-refractivity contribution >= 4 is 21.6 Å². The molecule has 0 saturated carbocycles. The van der Waals surface area contributed by atoms with Gasteiger partial charge in [-0.25, -0.2) is 8.42 Å². The third-order valence-corrected chi connectivity index (χ3v) is 7.63. The highest BCUT2D eigenvalue weighted by Gasteiger charge is 2.30. The van der Waals surface area contributed by atoms with Crippen molar-refractivity contribution in [2.24, 2.45) is 0 Å². The number of nitrogens with zero attached hydrogens (tertiary/aromatic N) is 2. The molecular weight excluding hydrogens is 408 g/mol. The first kappa shape index (κ1) is 21.1. The van der Waals surface area contributed by atoms with E-state index in [1.54, 1.807) is 36.4 Å². The van der Waals surface area contributed by atoms with Crippen LogP contribution in [0.15, 0.2) is 89.8 Å². The molecule has 0 N–H and O–H groups in total. The summed E-state index contributed by atoms with van der Waals surface area (Å²) in [4.78, 5) is 15.2. The van der Waals surface area contributed by atoms with Gasteiger partial charge < -0.3 is 4.90 Å². The molecule has 0 aromatic heterocycles. The Morgan fingerprint density at radius 1 is 0.935 bits per heavy atom. The minimum absolute atomic E-state index is 0.0428. The van der Waals surface area contributed by atoms with Gasteiger partial charge in [-0.3, -0.25) is 9.10 Å². The molecular formula is C25H26N2O3S. The summed E-state index contributed by atoms with van der Waals surface area (Å²) < 4.78 is 27.2. The van der Waals surface area contributed by atoms with Crippen molar-refractivity contribution in [2.45, 2.75) is 30.2 Å². The van der Waals surface area contributed by atoms with Crippen LogP contribution in [0.1, 0.15) is 28.8 Å². The molecule has 6 heteroatoms. The Bertz CT molecular complexity index is 1130. The molecule has 1 fully saturated rings. The van der Waals surface area contributed by atoms with Crippen LogP contribution in [-0.4, -0.2) is 38.9 Å². The number of rotatable bonds is 6. The van der Waals surface area contributed by atoms with Crippen molar-refractivity contribution in [2.75, 3.05) is 17.9 Å². The van der Waals surface area contributed by atoms with Gasteiger partial charge in [-0.05, 0) is 61.2 Å². The minimum atomic E-state index is -3.70. The van der Waals surface area contributed by atoms with E-state index in [1.807, 2.05) is 29.2 Å². The number of hydrogen-bond donors (Lipinski definition) is 0. The Hall–Kier alpha value is -3.12. The zero-order chi connectivity index (χ0) is 21.8. The van der Waals surface area contributed by atoms with Gasteiger partial charge in [0.2, 0.25) is 0 Å². The fraction of sp³-hybridized carbons (Fsp3) is 0.240. The summed E-state index contributed by atoms with van der Waals surface area (Å²) in [5, 5.41) is 0. The first-order chi connectivity index (χ1) is 15.0. The van der Waals surface area contributed by atoms with E-state index in [0.717, 1.165) is 25.8 Å². The summed E-state index contributed by atoms with van der Waals surface area (Å²) in [5.74, 6) is -0.0428. The quantitative estimate of drug-likeness (QED) is 0.579. The van der Waals surface area contributed by atoms with E-state index in [9.17, 15) is 13.2 Å². The van der Waals surface area contributed by atoms with E-state index >= 15 is 0 Å². The summed E-state index contributed by atoms with van der Waals surface area (Å²) in [7, 11) is -2.17. The largest absolute Gasteiger partial charge is 0.335 e. The number of carbonyl (C=O) groups is 1. The standard InChI is InChI=1S/C25H26N2O3S/c1-26(22-11-6-3-7-12-22)31(29,30)24-16-14-21(15-17-24)25(28)27-18-8-13-23(27)19-20-9-4-2-5-10-20/h2-7,9-12,14-17,23H,8,13,18-19H2,1H3. The van der Waals surface area contributed by atoms with Gasteiger partial charge in [-0.15, -0.1) is 0 Å². The number of para-hydroxylation sites is 1. The molecule has 0 bridgehead atoms. The first-order valence-electron chi connectivity index (χ1n) is 10.5. The second kappa shape index (κ2) is 8.94. The molecule has 160 valence electrons. The first-order valence-corrected chi connectivity index (χ1v) is 11.9. The second-order valence-electron chi connectivity index (χ2n) is 7.82. The second-order valence-corrected chi connectivity index (χ2v) is 9.79. The van der Waals surface area contributed by atoms with Crippen LogP contribution in [0, 0.1) is 0 Å². The fourth-order valence-electron chi connectivity index (χ4n) is 4.07. The SMILES string of the molecule is CN(c1ccccc1)S(=O)(=O)c1ccc(C(=O)N2CCCC2Cc2ccccc2)cc1. The molecule has 1 amide bonds. The molecule has 1 aliphatic rings. The summed E-state index contributed by atoms with van der Waals surface area (Å²) in [6.07, 6.45) is 2.80. The third kappa shape index (κ3) is 4.49.